The fraction of sp³-hybridized carbons (Fsp3) is 0.660. The van der Waals surface area contributed by atoms with Crippen LogP contribution in [0.15, 0.2) is 72.8 Å². The summed E-state index contributed by atoms with van der Waals surface area (Å²) in [5.74, 6) is 2.09. The summed E-state index contributed by atoms with van der Waals surface area (Å²) in [7, 11) is 6.67. The molecule has 3 rings (SSSR count). The Hall–Kier alpha value is -3.45. The lowest BCUT2D eigenvalue weighted by Gasteiger charge is -2.43. The number of unbranched alkanes of at least 4 members (excludes halogenated alkanes) is 3. The summed E-state index contributed by atoms with van der Waals surface area (Å²) in [6, 6.07) is 15.9. The van der Waals surface area contributed by atoms with Gasteiger partial charge in [0.05, 0.1) is 51.8 Å². The minimum atomic E-state index is -0.744. The second kappa shape index (κ2) is 29.0. The molecular weight excluding hydrogens is 775 g/mol. The second-order valence-electron chi connectivity index (χ2n) is 16.8. The Morgan fingerprint density at radius 1 is 0.754 bits per heavy atom. The van der Waals surface area contributed by atoms with E-state index in [-0.39, 0.29) is 73.2 Å². The van der Waals surface area contributed by atoms with Crippen LogP contribution in [0.25, 0.3) is 0 Å². The molecular formula is C50H79NO10. The van der Waals surface area contributed by atoms with Gasteiger partial charge >= 0.3 is 6.09 Å². The predicted molar refractivity (Wildman–Crippen MR) is 241 cm³/mol. The van der Waals surface area contributed by atoms with Crippen molar-refractivity contribution in [3.63, 3.8) is 0 Å². The fourth-order valence-electron chi connectivity index (χ4n) is 8.39. The lowest BCUT2D eigenvalue weighted by Crippen LogP contribution is -2.50. The predicted octanol–water partition coefficient (Wildman–Crippen LogP) is 10.8. The molecule has 1 amide bonds. The Morgan fingerprint density at radius 2 is 1.34 bits per heavy atom. The molecule has 2 aromatic carbocycles. The van der Waals surface area contributed by atoms with Crippen molar-refractivity contribution in [3.8, 4) is 11.5 Å². The standard InChI is InChI=1S/C50H79NO10/c1-11-12-13-14-22-45(61-50(51)52)37(4)44(57-32-40-24-28-42(54-8)29-25-40)21-17-15-19-35(2)47(58-33-41-26-30-43(55-9)31-27-41)36(3)20-16-18-23-46-38(5)48(59-34-53-7)39(6)49(56-10)60-46/h15-16,19-20,24-31,35-39,44-49H,11-14,17-18,21-23,32-34H2,1-10H3,(H2,51,52)/b19-15-,20-16-/t35-,36-,37-,38+,39+,44+,45-,46-,47+,48-,49+/m0/s1. The maximum Gasteiger partial charge on any atom is 0.404 e. The molecule has 0 aromatic heterocycles. The van der Waals surface area contributed by atoms with Gasteiger partial charge in [-0.1, -0.05) is 109 Å². The maximum atomic E-state index is 12.0. The minimum absolute atomic E-state index is 0.00244. The number of nitrogens with two attached hydrogens (primary N) is 1. The summed E-state index contributed by atoms with van der Waals surface area (Å²) in [5.41, 5.74) is 7.72. The first kappa shape index (κ1) is 51.9. The highest BCUT2D eigenvalue weighted by Gasteiger charge is 2.42. The highest BCUT2D eigenvalue weighted by atomic mass is 16.7. The van der Waals surface area contributed by atoms with Crippen molar-refractivity contribution in [2.75, 3.05) is 35.2 Å². The van der Waals surface area contributed by atoms with E-state index in [9.17, 15) is 4.79 Å². The third-order valence-electron chi connectivity index (χ3n) is 12.1. The number of rotatable bonds is 30. The van der Waals surface area contributed by atoms with Gasteiger partial charge < -0.3 is 48.4 Å². The summed E-state index contributed by atoms with van der Waals surface area (Å²) in [5, 5.41) is 0. The van der Waals surface area contributed by atoms with Crippen molar-refractivity contribution < 1.29 is 47.4 Å². The lowest BCUT2D eigenvalue weighted by atomic mass is 9.84. The third kappa shape index (κ3) is 18.1. The molecule has 1 fully saturated rings. The van der Waals surface area contributed by atoms with Gasteiger partial charge in [-0.2, -0.15) is 0 Å². The topological polar surface area (TPSA) is 126 Å². The smallest absolute Gasteiger partial charge is 0.404 e. The molecule has 11 nitrogen and oxygen atoms in total. The molecule has 1 aliphatic rings. The minimum Gasteiger partial charge on any atom is -0.497 e. The Labute approximate surface area is 367 Å². The van der Waals surface area contributed by atoms with E-state index >= 15 is 0 Å². The zero-order chi connectivity index (χ0) is 44.6. The molecule has 0 aliphatic carbocycles. The van der Waals surface area contributed by atoms with Crippen LogP contribution in [0.1, 0.15) is 110 Å². The van der Waals surface area contributed by atoms with Crippen LogP contribution >= 0.6 is 0 Å². The van der Waals surface area contributed by atoms with Gasteiger partial charge in [0, 0.05) is 43.8 Å². The van der Waals surface area contributed by atoms with E-state index in [0.717, 1.165) is 80.4 Å². The molecule has 344 valence electrons. The molecule has 11 heteroatoms. The largest absolute Gasteiger partial charge is 0.497 e. The number of methoxy groups -OCH3 is 4. The Kier molecular flexibility index (Phi) is 24.7. The van der Waals surface area contributed by atoms with Crippen LogP contribution in [0.2, 0.25) is 0 Å². The van der Waals surface area contributed by atoms with Crippen molar-refractivity contribution in [1.29, 1.82) is 0 Å². The van der Waals surface area contributed by atoms with E-state index in [2.05, 4.69) is 65.8 Å². The molecule has 0 unspecified atom stereocenters. The Morgan fingerprint density at radius 3 is 1.89 bits per heavy atom. The van der Waals surface area contributed by atoms with Crippen LogP contribution in [0.4, 0.5) is 4.79 Å². The highest BCUT2D eigenvalue weighted by molar-refractivity contribution is 5.64. The van der Waals surface area contributed by atoms with Crippen LogP contribution < -0.4 is 15.2 Å². The van der Waals surface area contributed by atoms with E-state index in [4.69, 9.17) is 48.4 Å². The number of hydrogen-bond acceptors (Lipinski definition) is 10. The molecule has 0 radical (unpaired) electrons. The van der Waals surface area contributed by atoms with Crippen LogP contribution in [-0.4, -0.2) is 78.1 Å². The fourth-order valence-corrected chi connectivity index (χ4v) is 8.39. The number of allylic oxidation sites excluding steroid dienone is 2. The monoisotopic (exact) mass is 854 g/mol. The van der Waals surface area contributed by atoms with Crippen molar-refractivity contribution in [2.24, 2.45) is 35.3 Å². The first-order chi connectivity index (χ1) is 29.4. The molecule has 61 heavy (non-hydrogen) atoms. The number of ether oxygens (including phenoxy) is 9. The first-order valence-electron chi connectivity index (χ1n) is 22.5. The molecule has 0 saturated carbocycles. The van der Waals surface area contributed by atoms with E-state index < -0.39 is 6.09 Å². The van der Waals surface area contributed by atoms with Gasteiger partial charge in [-0.05, 0) is 73.9 Å². The van der Waals surface area contributed by atoms with Crippen LogP contribution in [0.3, 0.4) is 0 Å². The van der Waals surface area contributed by atoms with E-state index in [0.29, 0.717) is 13.2 Å². The number of benzene rings is 2. The van der Waals surface area contributed by atoms with Crippen molar-refractivity contribution in [2.45, 2.75) is 149 Å². The molecule has 0 bridgehead atoms. The van der Waals surface area contributed by atoms with Gasteiger partial charge in [0.1, 0.15) is 24.4 Å². The number of primary amides is 1. The average molecular weight is 854 g/mol. The van der Waals surface area contributed by atoms with Crippen molar-refractivity contribution in [3.05, 3.63) is 84.0 Å². The molecule has 1 heterocycles. The van der Waals surface area contributed by atoms with Gasteiger partial charge in [0.15, 0.2) is 6.29 Å². The normalized spacial score (nSPS) is 22.4. The molecule has 1 saturated heterocycles. The van der Waals surface area contributed by atoms with Gasteiger partial charge in [0.2, 0.25) is 0 Å². The van der Waals surface area contributed by atoms with E-state index in [1.54, 1.807) is 28.4 Å². The van der Waals surface area contributed by atoms with Gasteiger partial charge in [-0.15, -0.1) is 0 Å². The Bertz CT molecular complexity index is 1520. The zero-order valence-corrected chi connectivity index (χ0v) is 38.9. The van der Waals surface area contributed by atoms with Crippen molar-refractivity contribution in [1.82, 2.24) is 0 Å². The molecule has 0 spiro atoms. The molecule has 1 aliphatic heterocycles. The number of hydrogen-bond donors (Lipinski definition) is 1. The van der Waals surface area contributed by atoms with Gasteiger partial charge in [0.25, 0.3) is 0 Å². The first-order valence-corrected chi connectivity index (χ1v) is 22.5. The van der Waals surface area contributed by atoms with Crippen LogP contribution in [-0.2, 0) is 46.4 Å². The molecule has 2 N–H and O–H groups in total. The third-order valence-corrected chi connectivity index (χ3v) is 12.1. The average Bonchev–Trinajstić information content (AvgIpc) is 3.26. The molecule has 11 atom stereocenters. The summed E-state index contributed by atoms with van der Waals surface area (Å²) in [4.78, 5) is 12.0. The quantitative estimate of drug-likeness (QED) is 0.0461. The van der Waals surface area contributed by atoms with Gasteiger partial charge in [-0.3, -0.25) is 0 Å². The van der Waals surface area contributed by atoms with Crippen LogP contribution in [0.5, 0.6) is 11.5 Å². The van der Waals surface area contributed by atoms with Crippen LogP contribution in [0, 0.1) is 29.6 Å². The van der Waals surface area contributed by atoms with Crippen molar-refractivity contribution >= 4 is 6.09 Å². The second-order valence-corrected chi connectivity index (χ2v) is 16.8. The maximum absolute atomic E-state index is 12.0. The van der Waals surface area contributed by atoms with E-state index in [1.165, 1.54) is 0 Å². The zero-order valence-electron chi connectivity index (χ0n) is 38.9. The number of amides is 1. The summed E-state index contributed by atoms with van der Waals surface area (Å²) in [6.45, 7) is 14.2. The summed E-state index contributed by atoms with van der Waals surface area (Å²) < 4.78 is 53.2. The molecule has 2 aromatic rings. The number of carbonyl (C=O) groups is 1. The number of carbonyl (C=O) groups excluding carboxylic acids is 1. The van der Waals surface area contributed by atoms with E-state index in [1.807, 2.05) is 48.5 Å². The summed E-state index contributed by atoms with van der Waals surface area (Å²) >= 11 is 0. The highest BCUT2D eigenvalue weighted by Crippen LogP contribution is 2.35. The SMILES string of the molecule is CCCCCC[C@H](OC(N)=O)[C@@H](C)[C@@H](CC/C=C\[C@H](C)[C@@H](OCc1ccc(OC)cc1)[C@@H](C)/C=C\CC[C@@H]1O[C@@H](OC)[C@H](C)[C@@H](OCOC)[C@@H]1C)OCc1ccc(OC)cc1. The lowest BCUT2D eigenvalue weighted by molar-refractivity contribution is -0.271. The summed E-state index contributed by atoms with van der Waals surface area (Å²) in [6.07, 6.45) is 15.7. The Balaban J connectivity index is 1.73. The van der Waals surface area contributed by atoms with Gasteiger partial charge in [-0.25, -0.2) is 4.79 Å².